The van der Waals surface area contributed by atoms with Crippen molar-refractivity contribution in [2.24, 2.45) is 0 Å². The van der Waals surface area contributed by atoms with E-state index in [9.17, 15) is 30.7 Å². The molecule has 23 heavy (non-hydrogen) atoms. The molecule has 0 radical (unpaired) electrons. The van der Waals surface area contributed by atoms with Crippen molar-refractivity contribution in [1.82, 2.24) is 0 Å². The van der Waals surface area contributed by atoms with E-state index < -0.39 is 70.2 Å². The highest BCUT2D eigenvalue weighted by Crippen LogP contribution is 2.24. The Kier molecular flexibility index (Phi) is 4.58. The normalized spacial score (nSPS) is 10.8. The van der Waals surface area contributed by atoms with Gasteiger partial charge in [-0.05, 0) is 17.8 Å². The molecule has 0 aliphatic carbocycles. The van der Waals surface area contributed by atoms with Gasteiger partial charge in [-0.15, -0.1) is 0 Å². The molecular weight excluding hydrogens is 328 g/mol. The highest BCUT2D eigenvalue weighted by molar-refractivity contribution is 6.67. The van der Waals surface area contributed by atoms with Gasteiger partial charge in [-0.3, -0.25) is 0 Å². The number of methoxy groups -OCH3 is 1. The number of benzene rings is 2. The largest absolute Gasteiger partial charge is 0.491 e. The van der Waals surface area contributed by atoms with Gasteiger partial charge in [0.25, 0.3) is 0 Å². The van der Waals surface area contributed by atoms with Crippen molar-refractivity contribution >= 4 is 18.2 Å². The van der Waals surface area contributed by atoms with Crippen molar-refractivity contribution in [3.8, 4) is 5.75 Å². The maximum atomic E-state index is 13.9. The van der Waals surface area contributed by atoms with E-state index in [0.717, 1.165) is 14.0 Å². The number of ether oxygens (including phenoxy) is 1. The summed E-state index contributed by atoms with van der Waals surface area (Å²) in [4.78, 5) is 0. The molecule has 0 spiro atoms. The maximum Gasteiger partial charge on any atom is 0.208 e. The van der Waals surface area contributed by atoms with Crippen LogP contribution in [0.15, 0.2) is 6.07 Å². The Morgan fingerprint density at radius 3 is 1.74 bits per heavy atom. The summed E-state index contributed by atoms with van der Waals surface area (Å²) in [6, 6.07) is 0.319. The van der Waals surface area contributed by atoms with Gasteiger partial charge in [0.15, 0.2) is 17.4 Å². The van der Waals surface area contributed by atoms with Crippen LogP contribution in [0.2, 0.25) is 0 Å². The van der Waals surface area contributed by atoms with Crippen LogP contribution in [0.4, 0.5) is 30.7 Å². The van der Waals surface area contributed by atoms with E-state index in [1.807, 2.05) is 0 Å². The highest BCUT2D eigenvalue weighted by Gasteiger charge is 2.28. The van der Waals surface area contributed by atoms with Crippen LogP contribution in [0.5, 0.6) is 5.75 Å². The van der Waals surface area contributed by atoms with Gasteiger partial charge >= 0.3 is 0 Å². The minimum absolute atomic E-state index is 0.319. The molecule has 122 valence electrons. The van der Waals surface area contributed by atoms with Crippen LogP contribution >= 0.6 is 0 Å². The summed E-state index contributed by atoms with van der Waals surface area (Å²) < 4.78 is 99.8. The molecule has 2 rings (SSSR count). The Hall–Kier alpha value is -2.19. The summed E-state index contributed by atoms with van der Waals surface area (Å²) >= 11 is 0. The van der Waals surface area contributed by atoms with Crippen molar-refractivity contribution in [3.63, 3.8) is 0 Å². The van der Waals surface area contributed by atoms with Crippen LogP contribution in [-0.4, -0.2) is 14.4 Å². The zero-order chi connectivity index (χ0) is 17.5. The molecule has 2 aromatic rings. The Balaban J connectivity index is 2.65. The van der Waals surface area contributed by atoms with Gasteiger partial charge in [0, 0.05) is 11.6 Å². The SMILES string of the molecule is COc1c(F)c(F)c(Bc2c(F)cc(F)c(C)c2F)c(F)c1F. The Morgan fingerprint density at radius 1 is 0.739 bits per heavy atom. The topological polar surface area (TPSA) is 9.23 Å². The van der Waals surface area contributed by atoms with Crippen LogP contribution < -0.4 is 15.7 Å². The lowest BCUT2D eigenvalue weighted by atomic mass is 9.62. The summed E-state index contributed by atoms with van der Waals surface area (Å²) in [5.41, 5.74) is -2.73. The standard InChI is InChI=1S/C14H8BF7O/c1-4-5(16)3-6(17)7(9(4)18)15-8-10(19)12(21)14(23-2)13(22)11(8)20/h3,15H,1-2H3. The predicted molar refractivity (Wildman–Crippen MR) is 70.3 cm³/mol. The number of halogens is 7. The van der Waals surface area contributed by atoms with E-state index in [0.29, 0.717) is 6.07 Å². The molecule has 0 saturated heterocycles. The lowest BCUT2D eigenvalue weighted by molar-refractivity contribution is 0.335. The number of hydrogen-bond donors (Lipinski definition) is 0. The molecule has 0 fully saturated rings. The van der Waals surface area contributed by atoms with Crippen LogP contribution in [0, 0.1) is 47.6 Å². The second-order valence-corrected chi connectivity index (χ2v) is 4.70. The molecule has 0 aliphatic rings. The van der Waals surface area contributed by atoms with E-state index in [4.69, 9.17) is 0 Å². The average molecular weight is 336 g/mol. The third-order valence-electron chi connectivity index (χ3n) is 3.37. The van der Waals surface area contributed by atoms with E-state index in [2.05, 4.69) is 4.74 Å². The zero-order valence-electron chi connectivity index (χ0n) is 11.8. The second kappa shape index (κ2) is 6.13. The molecule has 0 unspecified atom stereocenters. The van der Waals surface area contributed by atoms with Crippen molar-refractivity contribution < 1.29 is 35.5 Å². The first kappa shape index (κ1) is 17.2. The Morgan fingerprint density at radius 2 is 1.26 bits per heavy atom. The third kappa shape index (κ3) is 2.75. The van der Waals surface area contributed by atoms with Gasteiger partial charge in [-0.1, -0.05) is 0 Å². The molecule has 0 bridgehead atoms. The fourth-order valence-electron chi connectivity index (χ4n) is 2.07. The van der Waals surface area contributed by atoms with Crippen molar-refractivity contribution in [3.05, 3.63) is 52.4 Å². The van der Waals surface area contributed by atoms with Crippen molar-refractivity contribution in [2.45, 2.75) is 6.92 Å². The van der Waals surface area contributed by atoms with E-state index in [1.54, 1.807) is 0 Å². The van der Waals surface area contributed by atoms with Gasteiger partial charge < -0.3 is 4.74 Å². The minimum atomic E-state index is -1.85. The molecular formula is C14H8BF7O. The molecule has 0 amide bonds. The minimum Gasteiger partial charge on any atom is -0.491 e. The van der Waals surface area contributed by atoms with Crippen LogP contribution in [0.3, 0.4) is 0 Å². The Bertz CT molecular complexity index is 763. The molecule has 2 aromatic carbocycles. The van der Waals surface area contributed by atoms with E-state index >= 15 is 0 Å². The second-order valence-electron chi connectivity index (χ2n) is 4.70. The maximum absolute atomic E-state index is 13.9. The molecule has 0 aliphatic heterocycles. The van der Waals surface area contributed by atoms with Gasteiger partial charge in [-0.2, -0.15) is 8.78 Å². The third-order valence-corrected chi connectivity index (χ3v) is 3.37. The summed E-state index contributed by atoms with van der Waals surface area (Å²) in [5, 5.41) is 0. The summed E-state index contributed by atoms with van der Waals surface area (Å²) in [6.07, 6.45) is 0. The first-order valence-electron chi connectivity index (χ1n) is 6.22. The van der Waals surface area contributed by atoms with Crippen molar-refractivity contribution in [2.75, 3.05) is 7.11 Å². The average Bonchev–Trinajstić information content (AvgIpc) is 2.51. The van der Waals surface area contributed by atoms with Gasteiger partial charge in [0.2, 0.25) is 18.9 Å². The molecule has 0 atom stereocenters. The fraction of sp³-hybridized carbons (Fsp3) is 0.143. The number of hydrogen-bond acceptors (Lipinski definition) is 1. The predicted octanol–water partition coefficient (Wildman–Crippen LogP) is 2.36. The summed E-state index contributed by atoms with van der Waals surface area (Å²) in [5.74, 6) is -12.7. The summed E-state index contributed by atoms with van der Waals surface area (Å²) in [6.45, 7) is 0.982. The molecule has 0 aromatic heterocycles. The quantitative estimate of drug-likeness (QED) is 0.475. The van der Waals surface area contributed by atoms with E-state index in [-0.39, 0.29) is 0 Å². The molecule has 0 N–H and O–H groups in total. The van der Waals surface area contributed by atoms with E-state index in [1.165, 1.54) is 0 Å². The lowest BCUT2D eigenvalue weighted by Gasteiger charge is -2.12. The molecule has 9 heteroatoms. The Labute approximate surface area is 126 Å². The molecule has 0 heterocycles. The number of rotatable bonds is 3. The van der Waals surface area contributed by atoms with Crippen molar-refractivity contribution in [1.29, 1.82) is 0 Å². The smallest absolute Gasteiger partial charge is 0.208 e. The zero-order valence-corrected chi connectivity index (χ0v) is 11.8. The van der Waals surface area contributed by atoms with Crippen LogP contribution in [-0.2, 0) is 0 Å². The van der Waals surface area contributed by atoms with Gasteiger partial charge in [-0.25, -0.2) is 22.0 Å². The van der Waals surface area contributed by atoms with Crippen LogP contribution in [0.25, 0.3) is 0 Å². The first-order valence-corrected chi connectivity index (χ1v) is 6.22. The highest BCUT2D eigenvalue weighted by atomic mass is 19.2. The summed E-state index contributed by atoms with van der Waals surface area (Å²) in [7, 11) is -0.350. The molecule has 0 saturated carbocycles. The monoisotopic (exact) mass is 336 g/mol. The van der Waals surface area contributed by atoms with Gasteiger partial charge in [0.1, 0.15) is 17.5 Å². The molecule has 1 nitrogen and oxygen atoms in total. The van der Waals surface area contributed by atoms with Gasteiger partial charge in [0.05, 0.1) is 7.11 Å². The van der Waals surface area contributed by atoms with Crippen LogP contribution in [0.1, 0.15) is 5.56 Å². The fourth-order valence-corrected chi connectivity index (χ4v) is 2.07. The first-order chi connectivity index (χ1) is 10.7. The lowest BCUT2D eigenvalue weighted by Crippen LogP contribution is -2.38.